The van der Waals surface area contributed by atoms with E-state index < -0.39 is 0 Å². The molecule has 0 saturated heterocycles. The zero-order chi connectivity index (χ0) is 13.5. The summed E-state index contributed by atoms with van der Waals surface area (Å²) in [4.78, 5) is 2.25. The fourth-order valence-electron chi connectivity index (χ4n) is 1.94. The summed E-state index contributed by atoms with van der Waals surface area (Å²) >= 11 is 0. The highest BCUT2D eigenvalue weighted by Gasteiger charge is 2.10. The smallest absolute Gasteiger partial charge is 0.127 e. The van der Waals surface area contributed by atoms with Gasteiger partial charge in [-0.1, -0.05) is 13.0 Å². The van der Waals surface area contributed by atoms with Crippen molar-refractivity contribution in [1.82, 2.24) is 4.90 Å². The van der Waals surface area contributed by atoms with Gasteiger partial charge in [-0.15, -0.1) is 0 Å². The topological polar surface area (TPSA) is 47.7 Å². The van der Waals surface area contributed by atoms with E-state index in [-0.39, 0.29) is 0 Å². The van der Waals surface area contributed by atoms with E-state index in [0.717, 1.165) is 30.2 Å². The summed E-state index contributed by atoms with van der Waals surface area (Å²) in [5.74, 6) is 2.18. The standard InChI is InChI=1S/C14H24N2O2/c1-11(8-15)9-16(2)10-12-5-6-13(17-3)7-14(12)18-4/h5-7,11H,8-10,15H2,1-4H3. The molecule has 0 saturated carbocycles. The summed E-state index contributed by atoms with van der Waals surface area (Å²) < 4.78 is 10.6. The molecule has 0 spiro atoms. The van der Waals surface area contributed by atoms with Gasteiger partial charge in [0.15, 0.2) is 0 Å². The van der Waals surface area contributed by atoms with Crippen LogP contribution in [0.2, 0.25) is 0 Å². The van der Waals surface area contributed by atoms with Crippen molar-refractivity contribution in [2.24, 2.45) is 11.7 Å². The monoisotopic (exact) mass is 252 g/mol. The first kappa shape index (κ1) is 14.8. The van der Waals surface area contributed by atoms with Crippen LogP contribution in [0, 0.1) is 5.92 Å². The molecule has 1 unspecified atom stereocenters. The molecular weight excluding hydrogens is 228 g/mol. The molecule has 0 aliphatic carbocycles. The van der Waals surface area contributed by atoms with Crippen LogP contribution < -0.4 is 15.2 Å². The van der Waals surface area contributed by atoms with Crippen LogP contribution in [0.15, 0.2) is 18.2 Å². The van der Waals surface area contributed by atoms with Gasteiger partial charge in [0.25, 0.3) is 0 Å². The minimum atomic E-state index is 0.499. The summed E-state index contributed by atoms with van der Waals surface area (Å²) in [5.41, 5.74) is 6.80. The molecular formula is C14H24N2O2. The lowest BCUT2D eigenvalue weighted by Crippen LogP contribution is -2.28. The molecule has 1 aromatic carbocycles. The van der Waals surface area contributed by atoms with Crippen molar-refractivity contribution in [2.75, 3.05) is 34.4 Å². The van der Waals surface area contributed by atoms with E-state index in [0.29, 0.717) is 12.5 Å². The van der Waals surface area contributed by atoms with Gasteiger partial charge in [0.2, 0.25) is 0 Å². The van der Waals surface area contributed by atoms with E-state index in [1.807, 2.05) is 18.2 Å². The highest BCUT2D eigenvalue weighted by atomic mass is 16.5. The maximum absolute atomic E-state index is 5.64. The van der Waals surface area contributed by atoms with Crippen LogP contribution in [0.5, 0.6) is 11.5 Å². The van der Waals surface area contributed by atoms with E-state index in [9.17, 15) is 0 Å². The molecule has 1 rings (SSSR count). The van der Waals surface area contributed by atoms with Gasteiger partial charge in [0.1, 0.15) is 11.5 Å². The number of hydrogen-bond acceptors (Lipinski definition) is 4. The molecule has 1 atom stereocenters. The second-order valence-electron chi connectivity index (χ2n) is 4.72. The lowest BCUT2D eigenvalue weighted by Gasteiger charge is -2.21. The molecule has 4 nitrogen and oxygen atoms in total. The molecule has 0 aliphatic rings. The van der Waals surface area contributed by atoms with Gasteiger partial charge in [0, 0.05) is 24.7 Å². The first-order valence-electron chi connectivity index (χ1n) is 6.20. The number of hydrogen-bond donors (Lipinski definition) is 1. The van der Waals surface area contributed by atoms with Gasteiger partial charge in [-0.2, -0.15) is 0 Å². The van der Waals surface area contributed by atoms with Crippen LogP contribution in [0.3, 0.4) is 0 Å². The third-order valence-corrected chi connectivity index (χ3v) is 2.96. The predicted octanol–water partition coefficient (Wildman–Crippen LogP) is 1.73. The summed E-state index contributed by atoms with van der Waals surface area (Å²) in [6.45, 7) is 4.69. The molecule has 4 heteroatoms. The first-order valence-corrected chi connectivity index (χ1v) is 6.20. The molecule has 2 N–H and O–H groups in total. The van der Waals surface area contributed by atoms with E-state index in [2.05, 4.69) is 18.9 Å². The zero-order valence-electron chi connectivity index (χ0n) is 11.8. The third-order valence-electron chi connectivity index (χ3n) is 2.96. The predicted molar refractivity (Wildman–Crippen MR) is 74.1 cm³/mol. The second-order valence-corrected chi connectivity index (χ2v) is 4.72. The van der Waals surface area contributed by atoms with Crippen molar-refractivity contribution in [3.63, 3.8) is 0 Å². The van der Waals surface area contributed by atoms with Gasteiger partial charge in [0.05, 0.1) is 14.2 Å². The molecule has 0 bridgehead atoms. The van der Waals surface area contributed by atoms with Crippen molar-refractivity contribution >= 4 is 0 Å². The van der Waals surface area contributed by atoms with Crippen LogP contribution in [0.25, 0.3) is 0 Å². The van der Waals surface area contributed by atoms with Gasteiger partial charge in [-0.3, -0.25) is 0 Å². The molecule has 102 valence electrons. The molecule has 0 heterocycles. The van der Waals surface area contributed by atoms with Crippen molar-refractivity contribution in [3.8, 4) is 11.5 Å². The number of rotatable bonds is 7. The molecule has 0 aromatic heterocycles. The van der Waals surface area contributed by atoms with Crippen LogP contribution in [0.4, 0.5) is 0 Å². The highest BCUT2D eigenvalue weighted by molar-refractivity contribution is 5.40. The highest BCUT2D eigenvalue weighted by Crippen LogP contribution is 2.25. The van der Waals surface area contributed by atoms with Crippen LogP contribution >= 0.6 is 0 Å². The Morgan fingerprint density at radius 2 is 2.00 bits per heavy atom. The summed E-state index contributed by atoms with van der Waals surface area (Å²) in [6, 6.07) is 5.91. The van der Waals surface area contributed by atoms with Gasteiger partial charge in [-0.25, -0.2) is 0 Å². The normalized spacial score (nSPS) is 12.6. The summed E-state index contributed by atoms with van der Waals surface area (Å²) in [6.07, 6.45) is 0. The Bertz CT molecular complexity index is 369. The fraction of sp³-hybridized carbons (Fsp3) is 0.571. The Kier molecular flexibility index (Phi) is 5.95. The van der Waals surface area contributed by atoms with Gasteiger partial charge in [-0.05, 0) is 25.6 Å². The van der Waals surface area contributed by atoms with Crippen molar-refractivity contribution in [2.45, 2.75) is 13.5 Å². The average molecular weight is 252 g/mol. The van der Waals surface area contributed by atoms with Crippen LogP contribution in [-0.2, 0) is 6.54 Å². The average Bonchev–Trinajstić information content (AvgIpc) is 2.38. The van der Waals surface area contributed by atoms with E-state index in [1.54, 1.807) is 14.2 Å². The second kappa shape index (κ2) is 7.24. The first-order chi connectivity index (χ1) is 8.60. The number of ether oxygens (including phenoxy) is 2. The Morgan fingerprint density at radius 3 is 2.56 bits per heavy atom. The van der Waals surface area contributed by atoms with Crippen molar-refractivity contribution in [1.29, 1.82) is 0 Å². The lowest BCUT2D eigenvalue weighted by atomic mass is 10.1. The van der Waals surface area contributed by atoms with Crippen LogP contribution in [-0.4, -0.2) is 39.3 Å². The van der Waals surface area contributed by atoms with Crippen LogP contribution in [0.1, 0.15) is 12.5 Å². The number of methoxy groups -OCH3 is 2. The quantitative estimate of drug-likeness (QED) is 0.803. The van der Waals surface area contributed by atoms with Crippen molar-refractivity contribution in [3.05, 3.63) is 23.8 Å². The molecule has 1 aromatic rings. The van der Waals surface area contributed by atoms with E-state index in [4.69, 9.17) is 15.2 Å². The Balaban J connectivity index is 2.71. The molecule has 18 heavy (non-hydrogen) atoms. The third kappa shape index (κ3) is 4.20. The van der Waals surface area contributed by atoms with E-state index >= 15 is 0 Å². The Morgan fingerprint density at radius 1 is 1.28 bits per heavy atom. The maximum atomic E-state index is 5.64. The van der Waals surface area contributed by atoms with Crippen molar-refractivity contribution < 1.29 is 9.47 Å². The SMILES string of the molecule is COc1ccc(CN(C)CC(C)CN)c(OC)c1. The number of nitrogens with two attached hydrogens (primary N) is 1. The minimum absolute atomic E-state index is 0.499. The molecule has 0 radical (unpaired) electrons. The molecule has 0 amide bonds. The van der Waals surface area contributed by atoms with Gasteiger partial charge >= 0.3 is 0 Å². The minimum Gasteiger partial charge on any atom is -0.497 e. The number of nitrogens with zero attached hydrogens (tertiary/aromatic N) is 1. The Hall–Kier alpha value is -1.26. The zero-order valence-corrected chi connectivity index (χ0v) is 11.8. The Labute approximate surface area is 110 Å². The largest absolute Gasteiger partial charge is 0.497 e. The van der Waals surface area contributed by atoms with Gasteiger partial charge < -0.3 is 20.1 Å². The summed E-state index contributed by atoms with van der Waals surface area (Å²) in [5, 5.41) is 0. The molecule has 0 fully saturated rings. The lowest BCUT2D eigenvalue weighted by molar-refractivity contribution is 0.276. The molecule has 0 aliphatic heterocycles. The fourth-order valence-corrected chi connectivity index (χ4v) is 1.94. The number of benzene rings is 1. The summed E-state index contributed by atoms with van der Waals surface area (Å²) in [7, 11) is 5.43. The maximum Gasteiger partial charge on any atom is 0.127 e. The van der Waals surface area contributed by atoms with E-state index in [1.165, 1.54) is 0 Å².